The number of Topliss-reactive ketones (excluding diaryl/α,β-unsaturated/α-hetero) is 1. The summed E-state index contributed by atoms with van der Waals surface area (Å²) < 4.78 is 10.6. The second-order valence-corrected chi connectivity index (χ2v) is 5.27. The first-order valence-corrected chi connectivity index (χ1v) is 7.67. The van der Waals surface area contributed by atoms with E-state index in [1.54, 1.807) is 6.92 Å². The number of esters is 1. The molecule has 0 aliphatic heterocycles. The highest BCUT2D eigenvalue weighted by Crippen LogP contribution is 2.30. The van der Waals surface area contributed by atoms with Crippen LogP contribution in [0, 0.1) is 0 Å². The van der Waals surface area contributed by atoms with Crippen LogP contribution in [0.2, 0.25) is 0 Å². The Morgan fingerprint density at radius 2 is 1.95 bits per heavy atom. The van der Waals surface area contributed by atoms with Crippen LogP contribution in [0.15, 0.2) is 0 Å². The van der Waals surface area contributed by atoms with Gasteiger partial charge in [0.05, 0.1) is 6.61 Å². The number of carbonyl (C=O) groups excluding carboxylic acids is 2. The summed E-state index contributed by atoms with van der Waals surface area (Å²) in [4.78, 5) is 28.1. The maximum absolute atomic E-state index is 11.9. The van der Waals surface area contributed by atoms with Crippen molar-refractivity contribution in [3.8, 4) is 0 Å². The van der Waals surface area contributed by atoms with Crippen molar-refractivity contribution in [2.75, 3.05) is 13.2 Å². The van der Waals surface area contributed by atoms with E-state index in [0.717, 1.165) is 12.8 Å². The van der Waals surface area contributed by atoms with Crippen molar-refractivity contribution in [3.05, 3.63) is 15.6 Å². The highest BCUT2D eigenvalue weighted by molar-refractivity contribution is 7.14. The van der Waals surface area contributed by atoms with Gasteiger partial charge in [0, 0.05) is 13.5 Å². The van der Waals surface area contributed by atoms with Crippen LogP contribution in [0.4, 0.5) is 0 Å². The molecule has 1 heterocycles. The van der Waals surface area contributed by atoms with Gasteiger partial charge < -0.3 is 9.47 Å². The highest BCUT2D eigenvalue weighted by Gasteiger charge is 2.25. The van der Waals surface area contributed by atoms with Gasteiger partial charge in [-0.05, 0) is 20.3 Å². The van der Waals surface area contributed by atoms with Crippen molar-refractivity contribution in [1.82, 2.24) is 4.98 Å². The maximum Gasteiger partial charge on any atom is 0.358 e. The summed E-state index contributed by atoms with van der Waals surface area (Å²) in [6, 6.07) is 0. The number of aromatic nitrogens is 1. The predicted molar refractivity (Wildman–Crippen MR) is 77.4 cm³/mol. The minimum atomic E-state index is -0.549. The number of nitrogens with zero attached hydrogens (tertiary/aromatic N) is 1. The van der Waals surface area contributed by atoms with E-state index in [2.05, 4.69) is 11.9 Å². The number of rotatable bonds is 8. The molecule has 1 aromatic heterocycles. The first-order chi connectivity index (χ1) is 9.54. The Morgan fingerprint density at radius 1 is 1.25 bits per heavy atom. The molecular weight excluding hydrogens is 278 g/mol. The third-order valence-corrected chi connectivity index (χ3v) is 3.87. The Labute approximate surface area is 123 Å². The average Bonchev–Trinajstić information content (AvgIpc) is 2.84. The molecule has 0 N–H and O–H groups in total. The first-order valence-electron chi connectivity index (χ1n) is 6.85. The number of carbonyl (C=O) groups is 2. The fourth-order valence-corrected chi connectivity index (χ4v) is 2.83. The van der Waals surface area contributed by atoms with Crippen molar-refractivity contribution < 1.29 is 19.1 Å². The molecule has 0 saturated heterocycles. The van der Waals surface area contributed by atoms with Gasteiger partial charge in [-0.25, -0.2) is 9.78 Å². The fourth-order valence-electron chi connectivity index (χ4n) is 1.79. The highest BCUT2D eigenvalue weighted by atomic mass is 32.1. The number of hydrogen-bond donors (Lipinski definition) is 0. The minimum absolute atomic E-state index is 0.111. The Bertz CT molecular complexity index is 464. The van der Waals surface area contributed by atoms with Gasteiger partial charge in [-0.3, -0.25) is 4.79 Å². The van der Waals surface area contributed by atoms with E-state index < -0.39 is 5.97 Å². The van der Waals surface area contributed by atoms with Gasteiger partial charge in [-0.2, -0.15) is 0 Å². The van der Waals surface area contributed by atoms with E-state index in [4.69, 9.17) is 9.47 Å². The van der Waals surface area contributed by atoms with Crippen LogP contribution in [-0.2, 0) is 9.47 Å². The van der Waals surface area contributed by atoms with Crippen LogP contribution in [0.3, 0.4) is 0 Å². The van der Waals surface area contributed by atoms with Crippen LogP contribution in [0.1, 0.15) is 71.8 Å². The smallest absolute Gasteiger partial charge is 0.358 e. The summed E-state index contributed by atoms with van der Waals surface area (Å²) in [6.45, 7) is 7.93. The maximum atomic E-state index is 11.9. The topological polar surface area (TPSA) is 65.5 Å². The Kier molecular flexibility index (Phi) is 6.81. The molecule has 0 aliphatic carbocycles. The SMILES string of the molecule is CCCC(OCC)c1nc(C(=O)OCC)c(C(C)=O)s1. The van der Waals surface area contributed by atoms with Crippen LogP contribution in [0.25, 0.3) is 0 Å². The van der Waals surface area contributed by atoms with Gasteiger partial charge in [0.1, 0.15) is 16.0 Å². The lowest BCUT2D eigenvalue weighted by Crippen LogP contribution is -2.10. The second-order valence-electron chi connectivity index (χ2n) is 4.24. The monoisotopic (exact) mass is 299 g/mol. The molecule has 6 heteroatoms. The quantitative estimate of drug-likeness (QED) is 0.543. The van der Waals surface area contributed by atoms with Crippen molar-refractivity contribution in [2.24, 2.45) is 0 Å². The lowest BCUT2D eigenvalue weighted by Gasteiger charge is -2.12. The van der Waals surface area contributed by atoms with Crippen molar-refractivity contribution in [3.63, 3.8) is 0 Å². The van der Waals surface area contributed by atoms with Gasteiger partial charge in [0.2, 0.25) is 0 Å². The van der Waals surface area contributed by atoms with E-state index >= 15 is 0 Å². The molecule has 1 unspecified atom stereocenters. The summed E-state index contributed by atoms with van der Waals surface area (Å²) in [5.41, 5.74) is 0.111. The van der Waals surface area contributed by atoms with Crippen molar-refractivity contribution in [1.29, 1.82) is 0 Å². The molecule has 0 saturated carbocycles. The molecule has 5 nitrogen and oxygen atoms in total. The molecule has 0 spiro atoms. The Morgan fingerprint density at radius 3 is 2.45 bits per heavy atom. The lowest BCUT2D eigenvalue weighted by atomic mass is 10.2. The van der Waals surface area contributed by atoms with Gasteiger partial charge in [-0.1, -0.05) is 13.3 Å². The van der Waals surface area contributed by atoms with E-state index in [0.29, 0.717) is 16.5 Å². The summed E-state index contributed by atoms with van der Waals surface area (Å²) in [5, 5.41) is 0.668. The molecule has 1 rings (SSSR count). The zero-order valence-electron chi connectivity index (χ0n) is 12.4. The Hall–Kier alpha value is -1.27. The predicted octanol–water partition coefficient (Wildman–Crippen LogP) is 3.40. The van der Waals surface area contributed by atoms with Gasteiger partial charge >= 0.3 is 5.97 Å². The first kappa shape index (κ1) is 16.8. The minimum Gasteiger partial charge on any atom is -0.461 e. The third kappa shape index (κ3) is 4.11. The lowest BCUT2D eigenvalue weighted by molar-refractivity contribution is 0.0503. The fraction of sp³-hybridized carbons (Fsp3) is 0.643. The largest absolute Gasteiger partial charge is 0.461 e. The van der Waals surface area contributed by atoms with E-state index in [1.165, 1.54) is 18.3 Å². The molecule has 0 amide bonds. The number of thiazole rings is 1. The van der Waals surface area contributed by atoms with E-state index in [-0.39, 0.29) is 24.2 Å². The van der Waals surface area contributed by atoms with Gasteiger partial charge in [-0.15, -0.1) is 11.3 Å². The molecule has 1 atom stereocenters. The van der Waals surface area contributed by atoms with Crippen LogP contribution in [0.5, 0.6) is 0 Å². The van der Waals surface area contributed by atoms with Crippen molar-refractivity contribution >= 4 is 23.1 Å². The van der Waals surface area contributed by atoms with Crippen LogP contribution in [-0.4, -0.2) is 30.0 Å². The standard InChI is InChI=1S/C14H21NO4S/c1-5-8-10(18-6-2)13-15-11(14(17)19-7-3)12(20-13)9(4)16/h10H,5-8H2,1-4H3. The number of hydrogen-bond acceptors (Lipinski definition) is 6. The molecule has 0 fully saturated rings. The zero-order chi connectivity index (χ0) is 15.1. The average molecular weight is 299 g/mol. The van der Waals surface area contributed by atoms with Crippen LogP contribution < -0.4 is 0 Å². The number of ether oxygens (including phenoxy) is 2. The molecule has 0 aromatic carbocycles. The molecule has 0 aliphatic rings. The molecule has 0 bridgehead atoms. The van der Waals surface area contributed by atoms with Crippen LogP contribution >= 0.6 is 11.3 Å². The van der Waals surface area contributed by atoms with E-state index in [1.807, 2.05) is 6.92 Å². The summed E-state index contributed by atoms with van der Waals surface area (Å²) in [5.74, 6) is -0.726. The molecule has 112 valence electrons. The van der Waals surface area contributed by atoms with Gasteiger partial charge in [0.15, 0.2) is 11.5 Å². The molecular formula is C14H21NO4S. The van der Waals surface area contributed by atoms with Gasteiger partial charge in [0.25, 0.3) is 0 Å². The van der Waals surface area contributed by atoms with Crippen molar-refractivity contribution in [2.45, 2.75) is 46.6 Å². The summed E-state index contributed by atoms with van der Waals surface area (Å²) in [7, 11) is 0. The molecule has 20 heavy (non-hydrogen) atoms. The number of ketones is 1. The zero-order valence-corrected chi connectivity index (χ0v) is 13.2. The molecule has 0 radical (unpaired) electrons. The molecule has 1 aromatic rings. The summed E-state index contributed by atoms with van der Waals surface area (Å²) >= 11 is 1.22. The second kappa shape index (κ2) is 8.11. The van der Waals surface area contributed by atoms with E-state index in [9.17, 15) is 9.59 Å². The normalized spacial score (nSPS) is 12.2. The Balaban J connectivity index is 3.12. The summed E-state index contributed by atoms with van der Waals surface area (Å²) in [6.07, 6.45) is 1.58. The third-order valence-electron chi connectivity index (χ3n) is 2.63.